The quantitative estimate of drug-likeness (QED) is 0.708. The molecule has 2 N–H and O–H groups in total. The van der Waals surface area contributed by atoms with Crippen LogP contribution in [0.25, 0.3) is 11.2 Å². The van der Waals surface area contributed by atoms with E-state index in [0.29, 0.717) is 36.0 Å². The first kappa shape index (κ1) is 17.9. The van der Waals surface area contributed by atoms with Gasteiger partial charge in [-0.15, -0.1) is 28.8 Å². The highest BCUT2D eigenvalue weighted by Crippen LogP contribution is 2.17. The van der Waals surface area contributed by atoms with Gasteiger partial charge in [-0.25, -0.2) is 19.6 Å². The fourth-order valence-electron chi connectivity index (χ4n) is 2.86. The first-order chi connectivity index (χ1) is 11.7. The van der Waals surface area contributed by atoms with Gasteiger partial charge in [-0.05, 0) is 6.92 Å². The van der Waals surface area contributed by atoms with Gasteiger partial charge in [0, 0.05) is 24.7 Å². The lowest BCUT2D eigenvalue weighted by Crippen LogP contribution is -2.43. The Morgan fingerprint density at radius 3 is 3.08 bits per heavy atom. The van der Waals surface area contributed by atoms with Gasteiger partial charge in [0.1, 0.15) is 10.8 Å². The number of halogens is 1. The van der Waals surface area contributed by atoms with Crippen LogP contribution in [0.15, 0.2) is 11.6 Å². The van der Waals surface area contributed by atoms with Crippen LogP contribution in [0.1, 0.15) is 10.8 Å². The molecule has 0 spiro atoms. The molecule has 4 rings (SSSR count). The summed E-state index contributed by atoms with van der Waals surface area (Å²) >= 11 is 1.68. The minimum absolute atomic E-state index is 0. The van der Waals surface area contributed by atoms with Crippen LogP contribution in [-0.2, 0) is 17.8 Å². The van der Waals surface area contributed by atoms with Crippen LogP contribution >= 0.6 is 23.7 Å². The monoisotopic (exact) mass is 382 g/mol. The Bertz CT molecular complexity index is 839. The molecule has 25 heavy (non-hydrogen) atoms. The number of nitrogens with two attached hydrogens (primary N) is 1. The average Bonchev–Trinajstić information content (AvgIpc) is 3.18. The Morgan fingerprint density at radius 1 is 1.40 bits per heavy atom. The number of rotatable bonds is 4. The van der Waals surface area contributed by atoms with Crippen molar-refractivity contribution in [2.75, 3.05) is 25.4 Å². The fourth-order valence-corrected chi connectivity index (χ4v) is 3.52. The molecule has 1 unspecified atom stereocenters. The second-order valence-corrected chi connectivity index (χ2v) is 6.73. The van der Waals surface area contributed by atoms with Gasteiger partial charge < -0.3 is 10.5 Å². The first-order valence-electron chi connectivity index (χ1n) is 7.74. The first-order valence-corrected chi connectivity index (χ1v) is 8.62. The second-order valence-electron chi connectivity index (χ2n) is 5.75. The van der Waals surface area contributed by atoms with Crippen LogP contribution in [-0.4, -0.2) is 60.6 Å². The van der Waals surface area contributed by atoms with Gasteiger partial charge in [-0.3, -0.25) is 4.90 Å². The third-order valence-electron chi connectivity index (χ3n) is 3.94. The van der Waals surface area contributed by atoms with E-state index in [9.17, 15) is 0 Å². The van der Waals surface area contributed by atoms with Crippen LogP contribution in [0, 0.1) is 6.92 Å². The molecule has 3 aromatic heterocycles. The van der Waals surface area contributed by atoms with Crippen molar-refractivity contribution in [2.24, 2.45) is 0 Å². The van der Waals surface area contributed by atoms with E-state index in [1.807, 2.05) is 11.6 Å². The topological polar surface area (TPSA) is 108 Å². The SMILES string of the molecule is Cc1nc(N)c2nnn(CC3CN(Cc4nccs4)CCO3)c2n1.Cl. The van der Waals surface area contributed by atoms with Gasteiger partial charge in [0.25, 0.3) is 0 Å². The summed E-state index contributed by atoms with van der Waals surface area (Å²) in [5.74, 6) is 0.970. The molecule has 1 aliphatic heterocycles. The molecule has 3 aromatic rings. The van der Waals surface area contributed by atoms with Gasteiger partial charge in [-0.1, -0.05) is 5.21 Å². The van der Waals surface area contributed by atoms with Crippen molar-refractivity contribution in [3.8, 4) is 0 Å². The summed E-state index contributed by atoms with van der Waals surface area (Å²) in [5.41, 5.74) is 7.08. The molecular formula is C14H19ClN8OS. The summed E-state index contributed by atoms with van der Waals surface area (Å²) < 4.78 is 7.64. The van der Waals surface area contributed by atoms with E-state index >= 15 is 0 Å². The lowest BCUT2D eigenvalue weighted by molar-refractivity contribution is -0.0399. The van der Waals surface area contributed by atoms with Crippen LogP contribution in [0.2, 0.25) is 0 Å². The van der Waals surface area contributed by atoms with Crippen molar-refractivity contribution in [3.63, 3.8) is 0 Å². The highest BCUT2D eigenvalue weighted by Gasteiger charge is 2.23. The minimum Gasteiger partial charge on any atom is -0.382 e. The Labute approximate surface area is 154 Å². The number of anilines is 1. The Morgan fingerprint density at radius 2 is 2.28 bits per heavy atom. The maximum atomic E-state index is 5.89. The van der Waals surface area contributed by atoms with E-state index in [4.69, 9.17) is 10.5 Å². The maximum absolute atomic E-state index is 5.89. The zero-order chi connectivity index (χ0) is 16.5. The number of nitrogen functional groups attached to an aromatic ring is 1. The molecule has 4 heterocycles. The van der Waals surface area contributed by atoms with Crippen LogP contribution in [0.3, 0.4) is 0 Å². The molecular weight excluding hydrogens is 364 g/mol. The zero-order valence-electron chi connectivity index (χ0n) is 13.7. The molecule has 0 aliphatic carbocycles. The lowest BCUT2D eigenvalue weighted by atomic mass is 10.2. The molecule has 11 heteroatoms. The van der Waals surface area contributed by atoms with Gasteiger partial charge in [0.15, 0.2) is 17.0 Å². The number of aromatic nitrogens is 6. The van der Waals surface area contributed by atoms with E-state index in [0.717, 1.165) is 24.6 Å². The number of hydrogen-bond donors (Lipinski definition) is 1. The normalized spacial score (nSPS) is 18.4. The van der Waals surface area contributed by atoms with Crippen molar-refractivity contribution in [1.29, 1.82) is 0 Å². The summed E-state index contributed by atoms with van der Waals surface area (Å²) in [6, 6.07) is 0. The predicted octanol–water partition coefficient (Wildman–Crippen LogP) is 0.891. The maximum Gasteiger partial charge on any atom is 0.184 e. The third-order valence-corrected chi connectivity index (χ3v) is 4.71. The molecule has 1 fully saturated rings. The van der Waals surface area contributed by atoms with E-state index < -0.39 is 0 Å². The molecule has 1 saturated heterocycles. The smallest absolute Gasteiger partial charge is 0.184 e. The summed E-state index contributed by atoms with van der Waals surface area (Å²) in [7, 11) is 0. The van der Waals surface area contributed by atoms with Crippen LogP contribution in [0.5, 0.6) is 0 Å². The molecule has 0 bridgehead atoms. The lowest BCUT2D eigenvalue weighted by Gasteiger charge is -2.32. The van der Waals surface area contributed by atoms with E-state index in [1.165, 1.54) is 0 Å². The molecule has 9 nitrogen and oxygen atoms in total. The van der Waals surface area contributed by atoms with Gasteiger partial charge in [0.05, 0.1) is 25.8 Å². The van der Waals surface area contributed by atoms with Crippen LogP contribution in [0.4, 0.5) is 5.82 Å². The van der Waals surface area contributed by atoms with Crippen molar-refractivity contribution >= 4 is 40.7 Å². The molecule has 134 valence electrons. The molecule has 1 atom stereocenters. The van der Waals surface area contributed by atoms with E-state index in [1.54, 1.807) is 22.9 Å². The largest absolute Gasteiger partial charge is 0.382 e. The Balaban J connectivity index is 0.00000182. The minimum atomic E-state index is 0. The van der Waals surface area contributed by atoms with Gasteiger partial charge in [0.2, 0.25) is 0 Å². The molecule has 0 saturated carbocycles. The highest BCUT2D eigenvalue weighted by molar-refractivity contribution is 7.09. The Kier molecular flexibility index (Phi) is 5.42. The van der Waals surface area contributed by atoms with E-state index in [-0.39, 0.29) is 18.5 Å². The van der Waals surface area contributed by atoms with Crippen LogP contribution < -0.4 is 5.73 Å². The van der Waals surface area contributed by atoms with Gasteiger partial charge in [-0.2, -0.15) is 0 Å². The van der Waals surface area contributed by atoms with Gasteiger partial charge >= 0.3 is 0 Å². The molecule has 0 amide bonds. The van der Waals surface area contributed by atoms with Crippen molar-refractivity contribution < 1.29 is 4.74 Å². The summed E-state index contributed by atoms with van der Waals surface area (Å²) in [5, 5.41) is 11.4. The standard InChI is InChI=1S/C14H18N8OS.ClH/c1-9-17-13(15)12-14(18-9)22(20-19-12)7-10-6-21(3-4-23-10)8-11-16-2-5-24-11;/h2,5,10H,3-4,6-8H2,1H3,(H2,15,17,18);1H. The average molecular weight is 383 g/mol. The Hall–Kier alpha value is -1.88. The fraction of sp³-hybridized carbons (Fsp3) is 0.500. The molecule has 1 aliphatic rings. The third kappa shape index (κ3) is 3.87. The number of nitrogens with zero attached hydrogens (tertiary/aromatic N) is 7. The number of ether oxygens (including phenoxy) is 1. The van der Waals surface area contributed by atoms with Crippen molar-refractivity contribution in [1.82, 2.24) is 34.8 Å². The predicted molar refractivity (Wildman–Crippen MR) is 96.6 cm³/mol. The summed E-state index contributed by atoms with van der Waals surface area (Å²) in [4.78, 5) is 15.2. The summed E-state index contributed by atoms with van der Waals surface area (Å²) in [6.45, 7) is 5.66. The van der Waals surface area contributed by atoms with Crippen molar-refractivity contribution in [3.05, 3.63) is 22.4 Å². The number of aryl methyl sites for hydroxylation is 1. The number of thiazole rings is 1. The number of fused-ring (bicyclic) bond motifs is 1. The highest BCUT2D eigenvalue weighted by atomic mass is 35.5. The molecule has 0 radical (unpaired) electrons. The number of hydrogen-bond acceptors (Lipinski definition) is 9. The van der Waals surface area contributed by atoms with E-state index in [2.05, 4.69) is 30.2 Å². The zero-order valence-corrected chi connectivity index (χ0v) is 15.3. The molecule has 0 aromatic carbocycles. The summed E-state index contributed by atoms with van der Waals surface area (Å²) in [6.07, 6.45) is 1.87. The van der Waals surface area contributed by atoms with Crippen molar-refractivity contribution in [2.45, 2.75) is 26.1 Å². The second kappa shape index (κ2) is 7.56. The number of morpholine rings is 1.